The lowest BCUT2D eigenvalue weighted by Crippen LogP contribution is -2.08. The van der Waals surface area contributed by atoms with Crippen LogP contribution in [-0.4, -0.2) is 50.6 Å². The summed E-state index contributed by atoms with van der Waals surface area (Å²) in [4.78, 5) is 8.06. The van der Waals surface area contributed by atoms with Gasteiger partial charge in [0.25, 0.3) is 0 Å². The Morgan fingerprint density at radius 2 is 1.45 bits per heavy atom. The molecule has 0 amide bonds. The molecule has 0 radical (unpaired) electrons. The summed E-state index contributed by atoms with van der Waals surface area (Å²) in [7, 11) is 3.21. The maximum absolute atomic E-state index is 6.10. The maximum Gasteiger partial charge on any atom is 0.224 e. The fraction of sp³-hybridized carbons (Fsp3) is 0.429. The molecule has 8 heteroatoms. The summed E-state index contributed by atoms with van der Waals surface area (Å²) in [5, 5.41) is 0.973. The first kappa shape index (κ1) is 17.0. The molecule has 0 unspecified atom stereocenters. The van der Waals surface area contributed by atoms with Gasteiger partial charge in [-0.25, -0.2) is 9.97 Å². The number of hydrogen-bond donors (Lipinski definition) is 0. The van der Waals surface area contributed by atoms with Gasteiger partial charge in [-0.2, -0.15) is 0 Å². The zero-order valence-electron chi connectivity index (χ0n) is 12.3. The average Bonchev–Trinajstić information content (AvgIpc) is 2.48. The van der Waals surface area contributed by atoms with Crippen LogP contribution in [0.5, 0.6) is 11.5 Å². The summed E-state index contributed by atoms with van der Waals surface area (Å²) < 4.78 is 21.3. The van der Waals surface area contributed by atoms with Crippen molar-refractivity contribution in [3.05, 3.63) is 22.6 Å². The molecule has 0 fully saturated rings. The van der Waals surface area contributed by atoms with Crippen LogP contribution in [-0.2, 0) is 9.47 Å². The van der Waals surface area contributed by atoms with Gasteiger partial charge in [0.1, 0.15) is 18.4 Å². The molecule has 1 heterocycles. The summed E-state index contributed by atoms with van der Waals surface area (Å²) in [6.45, 7) is 1.69. The molecule has 0 aliphatic carbocycles. The number of fused-ring (bicyclic) bond motifs is 1. The van der Waals surface area contributed by atoms with Gasteiger partial charge in [-0.3, -0.25) is 0 Å². The SMILES string of the molecule is COCCOc1cc2nc(Cl)nc(Cl)c2cc1OCCOC. The van der Waals surface area contributed by atoms with Gasteiger partial charge >= 0.3 is 0 Å². The topological polar surface area (TPSA) is 62.7 Å². The van der Waals surface area contributed by atoms with E-state index in [1.807, 2.05) is 0 Å². The number of hydrogen-bond acceptors (Lipinski definition) is 6. The lowest BCUT2D eigenvalue weighted by atomic mass is 10.2. The molecule has 2 rings (SSSR count). The molecule has 0 bridgehead atoms. The van der Waals surface area contributed by atoms with E-state index >= 15 is 0 Å². The molecular weight excluding hydrogens is 331 g/mol. The predicted octanol–water partition coefficient (Wildman–Crippen LogP) is 2.99. The van der Waals surface area contributed by atoms with E-state index in [-0.39, 0.29) is 10.4 Å². The van der Waals surface area contributed by atoms with Gasteiger partial charge in [0.05, 0.1) is 18.7 Å². The molecule has 0 N–H and O–H groups in total. The molecule has 0 aliphatic heterocycles. The normalized spacial score (nSPS) is 10.9. The number of aromatic nitrogens is 2. The standard InChI is InChI=1S/C14H16Cl2N2O4/c1-19-3-5-21-11-7-9-10(17-14(16)18-13(9)15)8-12(11)22-6-4-20-2/h7-8H,3-6H2,1-2H3. The highest BCUT2D eigenvalue weighted by molar-refractivity contribution is 6.35. The van der Waals surface area contributed by atoms with Crippen LogP contribution in [0.4, 0.5) is 0 Å². The molecule has 1 aromatic heterocycles. The Balaban J connectivity index is 2.35. The van der Waals surface area contributed by atoms with Crippen molar-refractivity contribution in [3.63, 3.8) is 0 Å². The van der Waals surface area contributed by atoms with Gasteiger partial charge in [-0.1, -0.05) is 11.6 Å². The summed E-state index contributed by atoms with van der Waals surface area (Å²) in [6.07, 6.45) is 0. The van der Waals surface area contributed by atoms with Crippen molar-refractivity contribution in [1.29, 1.82) is 0 Å². The molecule has 2 aromatic rings. The lowest BCUT2D eigenvalue weighted by molar-refractivity contribution is 0.132. The van der Waals surface area contributed by atoms with Crippen molar-refractivity contribution < 1.29 is 18.9 Å². The predicted molar refractivity (Wildman–Crippen MR) is 84.3 cm³/mol. The second-order valence-electron chi connectivity index (χ2n) is 4.28. The number of ether oxygens (including phenoxy) is 4. The van der Waals surface area contributed by atoms with Gasteiger partial charge < -0.3 is 18.9 Å². The Labute approximate surface area is 138 Å². The van der Waals surface area contributed by atoms with Crippen LogP contribution in [0.2, 0.25) is 10.4 Å². The molecule has 0 spiro atoms. The molecule has 120 valence electrons. The van der Waals surface area contributed by atoms with Crippen LogP contribution in [0, 0.1) is 0 Å². The Kier molecular flexibility index (Phi) is 6.45. The molecular formula is C14H16Cl2N2O4. The molecule has 6 nitrogen and oxygen atoms in total. The van der Waals surface area contributed by atoms with Crippen LogP contribution in [0.3, 0.4) is 0 Å². The summed E-state index contributed by atoms with van der Waals surface area (Å²) in [5.74, 6) is 1.07. The minimum Gasteiger partial charge on any atom is -0.487 e. The van der Waals surface area contributed by atoms with Crippen molar-refractivity contribution in [2.75, 3.05) is 40.6 Å². The van der Waals surface area contributed by atoms with Crippen molar-refractivity contribution in [3.8, 4) is 11.5 Å². The number of benzene rings is 1. The first-order valence-electron chi connectivity index (χ1n) is 6.56. The Hall–Kier alpha value is -1.34. The fourth-order valence-corrected chi connectivity index (χ4v) is 2.22. The summed E-state index contributed by atoms with van der Waals surface area (Å²) in [6, 6.07) is 3.44. The monoisotopic (exact) mass is 346 g/mol. The van der Waals surface area contributed by atoms with E-state index < -0.39 is 0 Å². The van der Waals surface area contributed by atoms with E-state index in [0.717, 1.165) is 0 Å². The van der Waals surface area contributed by atoms with Gasteiger partial charge in [-0.15, -0.1) is 0 Å². The quantitative estimate of drug-likeness (QED) is 0.416. The highest BCUT2D eigenvalue weighted by Crippen LogP contribution is 2.34. The van der Waals surface area contributed by atoms with Crippen molar-refractivity contribution >= 4 is 34.1 Å². The van der Waals surface area contributed by atoms with Crippen LogP contribution in [0.15, 0.2) is 12.1 Å². The molecule has 0 aliphatic rings. The summed E-state index contributed by atoms with van der Waals surface area (Å²) >= 11 is 11.9. The minimum absolute atomic E-state index is 0.0772. The van der Waals surface area contributed by atoms with E-state index in [0.29, 0.717) is 48.8 Å². The minimum atomic E-state index is 0.0772. The number of rotatable bonds is 8. The van der Waals surface area contributed by atoms with Crippen LogP contribution in [0.1, 0.15) is 0 Å². The van der Waals surface area contributed by atoms with Crippen LogP contribution in [0.25, 0.3) is 10.9 Å². The molecule has 0 saturated carbocycles. The smallest absolute Gasteiger partial charge is 0.224 e. The maximum atomic E-state index is 6.10. The number of halogens is 2. The Morgan fingerprint density at radius 1 is 0.864 bits per heavy atom. The van der Waals surface area contributed by atoms with Crippen LogP contribution < -0.4 is 9.47 Å². The zero-order chi connectivity index (χ0) is 15.9. The Morgan fingerprint density at radius 3 is 2.05 bits per heavy atom. The molecule has 0 atom stereocenters. The fourth-order valence-electron chi connectivity index (χ4n) is 1.77. The number of methoxy groups -OCH3 is 2. The summed E-state index contributed by atoms with van der Waals surface area (Å²) in [5.41, 5.74) is 0.580. The second-order valence-corrected chi connectivity index (χ2v) is 4.98. The molecule has 0 saturated heterocycles. The zero-order valence-corrected chi connectivity index (χ0v) is 13.8. The van der Waals surface area contributed by atoms with E-state index in [9.17, 15) is 0 Å². The Bertz CT molecular complexity index is 640. The van der Waals surface area contributed by atoms with E-state index in [1.165, 1.54) is 0 Å². The third-order valence-corrected chi connectivity index (χ3v) is 3.23. The number of nitrogens with zero attached hydrogens (tertiary/aromatic N) is 2. The molecule has 1 aromatic carbocycles. The van der Waals surface area contributed by atoms with Gasteiger partial charge in [0.2, 0.25) is 5.28 Å². The largest absolute Gasteiger partial charge is 0.487 e. The van der Waals surface area contributed by atoms with Crippen LogP contribution >= 0.6 is 23.2 Å². The van der Waals surface area contributed by atoms with Crippen molar-refractivity contribution in [2.24, 2.45) is 0 Å². The van der Waals surface area contributed by atoms with Gasteiger partial charge in [0.15, 0.2) is 11.5 Å². The lowest BCUT2D eigenvalue weighted by Gasteiger charge is -2.14. The van der Waals surface area contributed by atoms with Gasteiger partial charge in [0, 0.05) is 25.7 Å². The second kappa shape index (κ2) is 8.33. The van der Waals surface area contributed by atoms with Gasteiger partial charge in [-0.05, 0) is 17.7 Å². The van der Waals surface area contributed by atoms with Crippen molar-refractivity contribution in [1.82, 2.24) is 9.97 Å². The van der Waals surface area contributed by atoms with E-state index in [4.69, 9.17) is 42.1 Å². The third kappa shape index (κ3) is 4.33. The van der Waals surface area contributed by atoms with Crippen molar-refractivity contribution in [2.45, 2.75) is 0 Å². The first-order chi connectivity index (χ1) is 10.7. The van der Waals surface area contributed by atoms with E-state index in [2.05, 4.69) is 9.97 Å². The van der Waals surface area contributed by atoms with E-state index in [1.54, 1.807) is 26.4 Å². The molecule has 22 heavy (non-hydrogen) atoms. The first-order valence-corrected chi connectivity index (χ1v) is 7.31. The highest BCUT2D eigenvalue weighted by atomic mass is 35.5. The highest BCUT2D eigenvalue weighted by Gasteiger charge is 2.13. The third-order valence-electron chi connectivity index (χ3n) is 2.78. The average molecular weight is 347 g/mol.